The summed E-state index contributed by atoms with van der Waals surface area (Å²) in [6.07, 6.45) is 3.51. The second kappa shape index (κ2) is 5.39. The number of nitrogens with one attached hydrogen (secondary N) is 1. The van der Waals surface area contributed by atoms with Gasteiger partial charge >= 0.3 is 0 Å². The first-order valence-electron chi connectivity index (χ1n) is 6.25. The monoisotopic (exact) mass is 252 g/mol. The molecule has 1 aliphatic rings. The van der Waals surface area contributed by atoms with Gasteiger partial charge in [-0.15, -0.1) is 0 Å². The van der Waals surface area contributed by atoms with Crippen molar-refractivity contribution in [3.63, 3.8) is 0 Å². The molecule has 1 aromatic rings. The largest absolute Gasteiger partial charge is 0.489 e. The molecule has 3 N–H and O–H groups in total. The predicted molar refractivity (Wildman–Crippen MR) is 70.0 cm³/mol. The zero-order chi connectivity index (χ0) is 13.1. The molecule has 0 spiro atoms. The van der Waals surface area contributed by atoms with Crippen molar-refractivity contribution in [1.82, 2.24) is 9.97 Å². The molecule has 100 valence electrons. The van der Waals surface area contributed by atoms with Gasteiger partial charge in [0.15, 0.2) is 5.82 Å². The molecule has 1 aromatic heterocycles. The first kappa shape index (κ1) is 12.9. The molecular weight excluding hydrogens is 232 g/mol. The fraction of sp³-hybridized carbons (Fsp3) is 0.667. The van der Waals surface area contributed by atoms with Crippen LogP contribution < -0.4 is 20.9 Å². The topological polar surface area (TPSA) is 84.2 Å². The Balaban J connectivity index is 2.35. The van der Waals surface area contributed by atoms with Gasteiger partial charge < -0.3 is 20.4 Å². The molecule has 0 radical (unpaired) electrons. The summed E-state index contributed by atoms with van der Waals surface area (Å²) < 4.78 is 5.16. The summed E-state index contributed by atoms with van der Waals surface area (Å²) >= 11 is 0. The van der Waals surface area contributed by atoms with E-state index in [-0.39, 0.29) is 17.4 Å². The quantitative estimate of drug-likeness (QED) is 0.810. The van der Waals surface area contributed by atoms with E-state index < -0.39 is 0 Å². The first-order chi connectivity index (χ1) is 8.67. The lowest BCUT2D eigenvalue weighted by Gasteiger charge is -2.38. The van der Waals surface area contributed by atoms with Crippen molar-refractivity contribution in [2.24, 2.45) is 11.7 Å². The summed E-state index contributed by atoms with van der Waals surface area (Å²) in [5.74, 6) is 1.52. The van der Waals surface area contributed by atoms with Crippen LogP contribution in [0.3, 0.4) is 0 Å². The van der Waals surface area contributed by atoms with Gasteiger partial charge in [0, 0.05) is 19.1 Å². The number of piperidine rings is 1. The number of H-pyrrole nitrogens is 1. The van der Waals surface area contributed by atoms with Gasteiger partial charge in [0.25, 0.3) is 5.56 Å². The van der Waals surface area contributed by atoms with Crippen molar-refractivity contribution in [1.29, 1.82) is 0 Å². The standard InChI is InChI=1S/C12H20N4O2/c1-8-3-4-16(9(5-8)6-13)11-10(18-2)12(17)15-7-14-11/h7-9H,3-6,13H2,1-2H3,(H,14,15,17). The number of anilines is 1. The molecule has 2 heterocycles. The minimum absolute atomic E-state index is 0.219. The zero-order valence-electron chi connectivity index (χ0n) is 10.8. The molecule has 18 heavy (non-hydrogen) atoms. The highest BCUT2D eigenvalue weighted by Gasteiger charge is 2.29. The van der Waals surface area contributed by atoms with Crippen LogP contribution in [-0.2, 0) is 0 Å². The number of ether oxygens (including phenoxy) is 1. The average Bonchev–Trinajstić information content (AvgIpc) is 2.38. The minimum Gasteiger partial charge on any atom is -0.489 e. The van der Waals surface area contributed by atoms with Gasteiger partial charge in [-0.1, -0.05) is 6.92 Å². The summed E-state index contributed by atoms with van der Waals surface area (Å²) in [4.78, 5) is 20.6. The Bertz CT molecular complexity index is 460. The molecule has 6 heteroatoms. The van der Waals surface area contributed by atoms with Crippen molar-refractivity contribution >= 4 is 5.82 Å². The summed E-state index contributed by atoms with van der Waals surface area (Å²) in [6.45, 7) is 3.64. The van der Waals surface area contributed by atoms with E-state index in [0.717, 1.165) is 19.4 Å². The van der Waals surface area contributed by atoms with Gasteiger partial charge in [0.1, 0.15) is 0 Å². The van der Waals surface area contributed by atoms with Gasteiger partial charge in [-0.05, 0) is 18.8 Å². The molecule has 0 amide bonds. The van der Waals surface area contributed by atoms with Crippen LogP contribution in [0.25, 0.3) is 0 Å². The minimum atomic E-state index is -0.253. The number of rotatable bonds is 3. The van der Waals surface area contributed by atoms with Crippen LogP contribution in [0.2, 0.25) is 0 Å². The third kappa shape index (κ3) is 2.33. The summed E-state index contributed by atoms with van der Waals surface area (Å²) in [6, 6.07) is 0.219. The van der Waals surface area contributed by atoms with E-state index in [2.05, 4.69) is 21.8 Å². The van der Waals surface area contributed by atoms with Gasteiger partial charge in [0.2, 0.25) is 5.75 Å². The lowest BCUT2D eigenvalue weighted by Crippen LogP contribution is -2.47. The van der Waals surface area contributed by atoms with E-state index >= 15 is 0 Å². The van der Waals surface area contributed by atoms with E-state index in [1.54, 1.807) is 0 Å². The highest BCUT2D eigenvalue weighted by Crippen LogP contribution is 2.29. The van der Waals surface area contributed by atoms with Crippen LogP contribution in [0.1, 0.15) is 19.8 Å². The van der Waals surface area contributed by atoms with Gasteiger partial charge in [-0.25, -0.2) is 4.98 Å². The maximum absolute atomic E-state index is 11.7. The van der Waals surface area contributed by atoms with E-state index in [9.17, 15) is 4.79 Å². The summed E-state index contributed by atoms with van der Waals surface area (Å²) in [7, 11) is 1.49. The van der Waals surface area contributed by atoms with Crippen molar-refractivity contribution < 1.29 is 4.74 Å². The first-order valence-corrected chi connectivity index (χ1v) is 6.25. The van der Waals surface area contributed by atoms with E-state index in [1.165, 1.54) is 13.4 Å². The van der Waals surface area contributed by atoms with Gasteiger partial charge in [-0.2, -0.15) is 0 Å². The lowest BCUT2D eigenvalue weighted by molar-refractivity contribution is 0.354. The SMILES string of the molecule is COc1c(N2CCC(C)CC2CN)nc[nH]c1=O. The van der Waals surface area contributed by atoms with Crippen molar-refractivity contribution in [3.8, 4) is 5.75 Å². The smallest absolute Gasteiger partial charge is 0.295 e. The molecule has 6 nitrogen and oxygen atoms in total. The number of hydrogen-bond donors (Lipinski definition) is 2. The van der Waals surface area contributed by atoms with Crippen LogP contribution in [0.5, 0.6) is 5.75 Å². The summed E-state index contributed by atoms with van der Waals surface area (Å²) in [5, 5.41) is 0. The Labute approximate surface area is 106 Å². The van der Waals surface area contributed by atoms with Crippen LogP contribution in [0, 0.1) is 5.92 Å². The van der Waals surface area contributed by atoms with Crippen LogP contribution in [-0.4, -0.2) is 36.2 Å². The molecule has 0 aliphatic carbocycles. The van der Waals surface area contributed by atoms with Crippen LogP contribution >= 0.6 is 0 Å². The molecular formula is C12H20N4O2. The Morgan fingerprint density at radius 3 is 3.11 bits per heavy atom. The molecule has 0 saturated carbocycles. The Morgan fingerprint density at radius 1 is 1.67 bits per heavy atom. The fourth-order valence-corrected chi connectivity index (χ4v) is 2.52. The molecule has 2 unspecified atom stereocenters. The van der Waals surface area contributed by atoms with Gasteiger partial charge in [-0.3, -0.25) is 4.79 Å². The lowest BCUT2D eigenvalue weighted by atomic mass is 9.92. The molecule has 2 atom stereocenters. The predicted octanol–water partition coefficient (Wildman–Crippen LogP) is 0.342. The van der Waals surface area contributed by atoms with E-state index in [0.29, 0.717) is 18.3 Å². The fourth-order valence-electron chi connectivity index (χ4n) is 2.52. The highest BCUT2D eigenvalue weighted by atomic mass is 16.5. The van der Waals surface area contributed by atoms with Gasteiger partial charge in [0.05, 0.1) is 13.4 Å². The number of nitrogens with zero attached hydrogens (tertiary/aromatic N) is 2. The second-order valence-electron chi connectivity index (χ2n) is 4.80. The normalized spacial score (nSPS) is 24.1. The molecule has 0 bridgehead atoms. The van der Waals surface area contributed by atoms with Crippen molar-refractivity contribution in [2.75, 3.05) is 25.1 Å². The molecule has 1 saturated heterocycles. The van der Waals surface area contributed by atoms with E-state index in [1.807, 2.05) is 0 Å². The van der Waals surface area contributed by atoms with Crippen molar-refractivity contribution in [3.05, 3.63) is 16.7 Å². The number of methoxy groups -OCH3 is 1. The second-order valence-corrected chi connectivity index (χ2v) is 4.80. The number of hydrogen-bond acceptors (Lipinski definition) is 5. The maximum atomic E-state index is 11.7. The molecule has 0 aromatic carbocycles. The van der Waals surface area contributed by atoms with Crippen LogP contribution in [0.4, 0.5) is 5.82 Å². The van der Waals surface area contributed by atoms with Crippen LogP contribution in [0.15, 0.2) is 11.1 Å². The Morgan fingerprint density at radius 2 is 2.44 bits per heavy atom. The summed E-state index contributed by atoms with van der Waals surface area (Å²) in [5.41, 5.74) is 5.57. The Kier molecular flexibility index (Phi) is 3.86. The number of aromatic nitrogens is 2. The maximum Gasteiger partial charge on any atom is 0.295 e. The average molecular weight is 252 g/mol. The zero-order valence-corrected chi connectivity index (χ0v) is 10.8. The van der Waals surface area contributed by atoms with E-state index in [4.69, 9.17) is 10.5 Å². The molecule has 1 aliphatic heterocycles. The third-order valence-electron chi connectivity index (χ3n) is 3.52. The highest BCUT2D eigenvalue weighted by molar-refractivity contribution is 5.52. The number of aromatic amines is 1. The Hall–Kier alpha value is -1.56. The molecule has 2 rings (SSSR count). The number of nitrogens with two attached hydrogens (primary N) is 1. The molecule has 1 fully saturated rings. The third-order valence-corrected chi connectivity index (χ3v) is 3.52. The van der Waals surface area contributed by atoms with Crippen molar-refractivity contribution in [2.45, 2.75) is 25.8 Å².